The molecule has 0 spiro atoms. The number of nitrogens with one attached hydrogen (secondary N) is 1. The molecule has 0 aromatic carbocycles. The van der Waals surface area contributed by atoms with E-state index >= 15 is 0 Å². The SMILES string of the molecule is NC(=O)c1cccn1-c1cc(C2CCC2)[nH]n1. The Morgan fingerprint density at radius 1 is 1.53 bits per heavy atom. The van der Waals surface area contributed by atoms with Gasteiger partial charge in [-0.3, -0.25) is 14.5 Å². The van der Waals surface area contributed by atoms with E-state index in [0.717, 1.165) is 11.5 Å². The first-order valence-electron chi connectivity index (χ1n) is 5.78. The largest absolute Gasteiger partial charge is 0.364 e. The summed E-state index contributed by atoms with van der Waals surface area (Å²) in [7, 11) is 0. The fourth-order valence-electron chi connectivity index (χ4n) is 2.16. The Hall–Kier alpha value is -2.04. The third kappa shape index (κ3) is 1.63. The molecule has 2 aromatic rings. The summed E-state index contributed by atoms with van der Waals surface area (Å²) in [4.78, 5) is 11.2. The topological polar surface area (TPSA) is 76.7 Å². The number of nitrogens with two attached hydrogens (primary N) is 1. The quantitative estimate of drug-likeness (QED) is 0.839. The van der Waals surface area contributed by atoms with Crippen LogP contribution in [0.25, 0.3) is 5.82 Å². The van der Waals surface area contributed by atoms with E-state index in [2.05, 4.69) is 10.2 Å². The van der Waals surface area contributed by atoms with Gasteiger partial charge < -0.3 is 5.73 Å². The van der Waals surface area contributed by atoms with Gasteiger partial charge in [0.2, 0.25) is 0 Å². The number of carbonyl (C=O) groups excluding carboxylic acids is 1. The first-order valence-corrected chi connectivity index (χ1v) is 5.78. The number of H-pyrrole nitrogens is 1. The van der Waals surface area contributed by atoms with Gasteiger partial charge in [0.25, 0.3) is 5.91 Å². The molecule has 0 radical (unpaired) electrons. The van der Waals surface area contributed by atoms with Crippen LogP contribution in [0.3, 0.4) is 0 Å². The monoisotopic (exact) mass is 230 g/mol. The molecule has 1 aliphatic carbocycles. The molecule has 1 aliphatic rings. The lowest BCUT2D eigenvalue weighted by Gasteiger charge is -2.23. The van der Waals surface area contributed by atoms with Crippen LogP contribution in [-0.4, -0.2) is 20.7 Å². The van der Waals surface area contributed by atoms with Crippen molar-refractivity contribution in [2.24, 2.45) is 5.73 Å². The van der Waals surface area contributed by atoms with Crippen LogP contribution < -0.4 is 5.73 Å². The average Bonchev–Trinajstić information content (AvgIpc) is 2.79. The standard InChI is InChI=1S/C12H14N4O/c13-12(17)10-5-2-6-16(10)11-7-9(14-15-11)8-3-1-4-8/h2,5-8H,1,3-4H2,(H2,13,17)(H,14,15). The van der Waals surface area contributed by atoms with Gasteiger partial charge in [0.1, 0.15) is 5.69 Å². The minimum atomic E-state index is -0.441. The van der Waals surface area contributed by atoms with Gasteiger partial charge >= 0.3 is 0 Å². The Bertz CT molecular complexity index is 550. The Kier molecular flexibility index (Phi) is 2.24. The number of hydrogen-bond acceptors (Lipinski definition) is 2. The van der Waals surface area contributed by atoms with E-state index in [0.29, 0.717) is 11.6 Å². The van der Waals surface area contributed by atoms with Crippen molar-refractivity contribution in [1.82, 2.24) is 14.8 Å². The van der Waals surface area contributed by atoms with E-state index < -0.39 is 5.91 Å². The highest BCUT2D eigenvalue weighted by Gasteiger charge is 2.22. The van der Waals surface area contributed by atoms with Crippen molar-refractivity contribution in [2.75, 3.05) is 0 Å². The van der Waals surface area contributed by atoms with Gasteiger partial charge in [0, 0.05) is 23.9 Å². The molecule has 1 saturated carbocycles. The first kappa shape index (κ1) is 10.1. The van der Waals surface area contributed by atoms with Crippen LogP contribution in [0, 0.1) is 0 Å². The maximum Gasteiger partial charge on any atom is 0.265 e. The fourth-order valence-corrected chi connectivity index (χ4v) is 2.16. The van der Waals surface area contributed by atoms with Gasteiger partial charge in [-0.05, 0) is 25.0 Å². The molecule has 2 aromatic heterocycles. The first-order chi connectivity index (χ1) is 8.25. The van der Waals surface area contributed by atoms with Crippen LogP contribution in [0.1, 0.15) is 41.4 Å². The lowest BCUT2D eigenvalue weighted by molar-refractivity contribution is 0.0994. The maximum atomic E-state index is 11.2. The van der Waals surface area contributed by atoms with Gasteiger partial charge in [-0.2, -0.15) is 5.10 Å². The zero-order valence-electron chi connectivity index (χ0n) is 9.39. The number of amides is 1. The van der Waals surface area contributed by atoms with E-state index in [1.165, 1.54) is 19.3 Å². The van der Waals surface area contributed by atoms with E-state index in [1.807, 2.05) is 6.07 Å². The van der Waals surface area contributed by atoms with Gasteiger partial charge in [0.15, 0.2) is 5.82 Å². The molecular formula is C12H14N4O. The lowest BCUT2D eigenvalue weighted by atomic mass is 9.83. The van der Waals surface area contributed by atoms with Crippen LogP contribution in [0.15, 0.2) is 24.4 Å². The van der Waals surface area contributed by atoms with Gasteiger partial charge in [-0.25, -0.2) is 0 Å². The summed E-state index contributed by atoms with van der Waals surface area (Å²) < 4.78 is 1.71. The average molecular weight is 230 g/mol. The molecule has 1 amide bonds. The minimum absolute atomic E-state index is 0.441. The normalized spacial score (nSPS) is 15.8. The highest BCUT2D eigenvalue weighted by molar-refractivity contribution is 5.91. The Morgan fingerprint density at radius 2 is 2.35 bits per heavy atom. The maximum absolute atomic E-state index is 11.2. The summed E-state index contributed by atoms with van der Waals surface area (Å²) in [6.45, 7) is 0. The molecule has 17 heavy (non-hydrogen) atoms. The van der Waals surface area contributed by atoms with Crippen molar-refractivity contribution in [3.63, 3.8) is 0 Å². The van der Waals surface area contributed by atoms with Crippen molar-refractivity contribution in [1.29, 1.82) is 0 Å². The van der Waals surface area contributed by atoms with Crippen LogP contribution in [0.4, 0.5) is 0 Å². The van der Waals surface area contributed by atoms with Gasteiger partial charge in [0.05, 0.1) is 0 Å². The highest BCUT2D eigenvalue weighted by atomic mass is 16.1. The van der Waals surface area contributed by atoms with E-state index in [1.54, 1.807) is 22.9 Å². The van der Waals surface area contributed by atoms with Gasteiger partial charge in [-0.1, -0.05) is 6.42 Å². The lowest BCUT2D eigenvalue weighted by Crippen LogP contribution is -2.15. The molecule has 3 N–H and O–H groups in total. The number of aromatic nitrogens is 3. The number of rotatable bonds is 3. The Labute approximate surface area is 98.6 Å². The molecule has 0 atom stereocenters. The number of primary amides is 1. The molecule has 5 nitrogen and oxygen atoms in total. The summed E-state index contributed by atoms with van der Waals surface area (Å²) in [5.41, 5.74) is 6.91. The summed E-state index contributed by atoms with van der Waals surface area (Å²) in [5, 5.41) is 7.27. The molecule has 0 aliphatic heterocycles. The summed E-state index contributed by atoms with van der Waals surface area (Å²) >= 11 is 0. The van der Waals surface area contributed by atoms with Crippen LogP contribution >= 0.6 is 0 Å². The van der Waals surface area contributed by atoms with Crippen LogP contribution in [-0.2, 0) is 0 Å². The molecular weight excluding hydrogens is 216 g/mol. The second-order valence-corrected chi connectivity index (χ2v) is 4.44. The summed E-state index contributed by atoms with van der Waals surface area (Å²) in [6, 6.07) is 5.48. The second-order valence-electron chi connectivity index (χ2n) is 4.44. The predicted molar refractivity (Wildman–Crippen MR) is 63.0 cm³/mol. The molecule has 0 unspecified atom stereocenters. The van der Waals surface area contributed by atoms with Crippen LogP contribution in [0.2, 0.25) is 0 Å². The molecule has 3 rings (SSSR count). The van der Waals surface area contributed by atoms with E-state index in [9.17, 15) is 4.79 Å². The molecule has 2 heterocycles. The highest BCUT2D eigenvalue weighted by Crippen LogP contribution is 2.35. The van der Waals surface area contributed by atoms with Crippen molar-refractivity contribution in [3.8, 4) is 5.82 Å². The summed E-state index contributed by atoms with van der Waals surface area (Å²) in [6.07, 6.45) is 5.52. The van der Waals surface area contributed by atoms with Crippen LogP contribution in [0.5, 0.6) is 0 Å². The molecule has 0 bridgehead atoms. The Balaban J connectivity index is 1.95. The fraction of sp³-hybridized carbons (Fsp3) is 0.333. The second kappa shape index (κ2) is 3.76. The van der Waals surface area contributed by atoms with Crippen molar-refractivity contribution < 1.29 is 4.79 Å². The Morgan fingerprint density at radius 3 is 3.00 bits per heavy atom. The summed E-state index contributed by atoms with van der Waals surface area (Å²) in [5.74, 6) is 0.887. The van der Waals surface area contributed by atoms with E-state index in [-0.39, 0.29) is 0 Å². The predicted octanol–water partition coefficient (Wildman–Crippen LogP) is 1.57. The van der Waals surface area contributed by atoms with Crippen molar-refractivity contribution in [2.45, 2.75) is 25.2 Å². The minimum Gasteiger partial charge on any atom is -0.364 e. The number of carbonyl (C=O) groups is 1. The number of aromatic amines is 1. The zero-order chi connectivity index (χ0) is 11.8. The van der Waals surface area contributed by atoms with E-state index in [4.69, 9.17) is 5.73 Å². The van der Waals surface area contributed by atoms with Gasteiger partial charge in [-0.15, -0.1) is 0 Å². The smallest absolute Gasteiger partial charge is 0.265 e. The van der Waals surface area contributed by atoms with Crippen molar-refractivity contribution in [3.05, 3.63) is 35.8 Å². The molecule has 1 fully saturated rings. The third-order valence-electron chi connectivity index (χ3n) is 3.38. The number of hydrogen-bond donors (Lipinski definition) is 2. The number of nitrogens with zero attached hydrogens (tertiary/aromatic N) is 2. The molecule has 88 valence electrons. The molecule has 5 heteroatoms. The third-order valence-corrected chi connectivity index (χ3v) is 3.38. The van der Waals surface area contributed by atoms with Crippen molar-refractivity contribution >= 4 is 5.91 Å². The molecule has 0 saturated heterocycles. The zero-order valence-corrected chi connectivity index (χ0v) is 9.39.